The largest absolute Gasteiger partial charge is 0.390 e. The first kappa shape index (κ1) is 11.3. The quantitative estimate of drug-likeness (QED) is 0.767. The molecule has 3 nitrogen and oxygen atoms in total. The second-order valence-corrected chi connectivity index (χ2v) is 4.44. The highest BCUT2D eigenvalue weighted by atomic mass is 35.5. The van der Waals surface area contributed by atoms with Crippen LogP contribution in [0.2, 0.25) is 5.02 Å². The van der Waals surface area contributed by atoms with Crippen molar-refractivity contribution in [1.82, 2.24) is 9.38 Å². The fourth-order valence-corrected chi connectivity index (χ4v) is 2.16. The smallest absolute Gasteiger partial charge is 0.137 e. The molecule has 3 rings (SSSR count). The summed E-state index contributed by atoms with van der Waals surface area (Å²) in [7, 11) is 0. The Bertz CT molecular complexity index is 689. The Kier molecular flexibility index (Phi) is 2.78. The molecule has 0 saturated heterocycles. The minimum Gasteiger partial charge on any atom is -0.390 e. The van der Waals surface area contributed by atoms with Crippen molar-refractivity contribution >= 4 is 17.2 Å². The van der Waals surface area contributed by atoms with E-state index in [0.717, 1.165) is 22.6 Å². The predicted octanol–water partition coefficient (Wildman–Crippen LogP) is 3.15. The summed E-state index contributed by atoms with van der Waals surface area (Å²) in [5.41, 5.74) is 3.35. The van der Waals surface area contributed by atoms with Crippen LogP contribution >= 0.6 is 11.6 Å². The number of halogens is 1. The maximum atomic E-state index is 9.53. The fourth-order valence-electron chi connectivity index (χ4n) is 2.04. The maximum Gasteiger partial charge on any atom is 0.137 e. The van der Waals surface area contributed by atoms with Crippen LogP contribution in [0.1, 0.15) is 5.69 Å². The number of aliphatic hydroxyl groups is 1. The lowest BCUT2D eigenvalue weighted by Crippen LogP contribution is -1.93. The molecule has 0 saturated carbocycles. The minimum absolute atomic E-state index is 0.0524. The van der Waals surface area contributed by atoms with Crippen LogP contribution in [0.15, 0.2) is 48.7 Å². The zero-order valence-electron chi connectivity index (χ0n) is 9.55. The molecule has 1 aromatic carbocycles. The van der Waals surface area contributed by atoms with Gasteiger partial charge in [0.2, 0.25) is 0 Å². The van der Waals surface area contributed by atoms with Gasteiger partial charge in [-0.25, -0.2) is 4.98 Å². The number of imidazole rings is 1. The van der Waals surface area contributed by atoms with Gasteiger partial charge in [-0.15, -0.1) is 0 Å². The number of hydrogen-bond donors (Lipinski definition) is 1. The van der Waals surface area contributed by atoms with Crippen LogP contribution in [-0.2, 0) is 6.61 Å². The topological polar surface area (TPSA) is 37.5 Å². The molecule has 0 unspecified atom stereocenters. The molecule has 2 heterocycles. The first-order chi connectivity index (χ1) is 8.79. The molecule has 3 aromatic rings. The second kappa shape index (κ2) is 4.44. The number of fused-ring (bicyclic) bond motifs is 1. The molecule has 2 aromatic heterocycles. The molecule has 0 aliphatic heterocycles. The van der Waals surface area contributed by atoms with Gasteiger partial charge in [0, 0.05) is 16.8 Å². The summed E-state index contributed by atoms with van der Waals surface area (Å²) in [5, 5.41) is 10.2. The summed E-state index contributed by atoms with van der Waals surface area (Å²) < 4.78 is 1.89. The lowest BCUT2D eigenvalue weighted by molar-refractivity contribution is 0.276. The van der Waals surface area contributed by atoms with E-state index in [1.807, 2.05) is 53.1 Å². The van der Waals surface area contributed by atoms with Crippen molar-refractivity contribution in [1.29, 1.82) is 0 Å². The summed E-state index contributed by atoms with van der Waals surface area (Å²) in [5.74, 6) is 0. The minimum atomic E-state index is -0.0524. The van der Waals surface area contributed by atoms with Crippen LogP contribution in [0.3, 0.4) is 0 Å². The highest BCUT2D eigenvalue weighted by Crippen LogP contribution is 2.25. The third-order valence-electron chi connectivity index (χ3n) is 2.90. The van der Waals surface area contributed by atoms with E-state index in [-0.39, 0.29) is 6.61 Å². The third kappa shape index (κ3) is 1.78. The van der Waals surface area contributed by atoms with E-state index < -0.39 is 0 Å². The molecule has 0 amide bonds. The van der Waals surface area contributed by atoms with Crippen molar-refractivity contribution in [2.45, 2.75) is 6.61 Å². The van der Waals surface area contributed by atoms with Gasteiger partial charge in [-0.05, 0) is 24.3 Å². The average Bonchev–Trinajstić information content (AvgIpc) is 2.78. The lowest BCUT2D eigenvalue weighted by atomic mass is 10.1. The van der Waals surface area contributed by atoms with Gasteiger partial charge < -0.3 is 9.51 Å². The van der Waals surface area contributed by atoms with Crippen molar-refractivity contribution in [2.24, 2.45) is 0 Å². The first-order valence-corrected chi connectivity index (χ1v) is 6.00. The van der Waals surface area contributed by atoms with E-state index in [4.69, 9.17) is 11.6 Å². The van der Waals surface area contributed by atoms with E-state index in [1.54, 1.807) is 0 Å². The molecule has 1 N–H and O–H groups in total. The standard InChI is InChI=1S/C14H11ClN2O/c15-11-6-4-10(5-7-11)14-12(9-18)17-8-2-1-3-13(17)16-14/h1-8,18H,9H2. The van der Waals surface area contributed by atoms with Crippen LogP contribution in [0.4, 0.5) is 0 Å². The molecule has 4 heteroatoms. The van der Waals surface area contributed by atoms with Crippen molar-refractivity contribution < 1.29 is 5.11 Å². The highest BCUT2D eigenvalue weighted by molar-refractivity contribution is 6.30. The molecule has 0 aliphatic rings. The predicted molar refractivity (Wildman–Crippen MR) is 71.6 cm³/mol. The van der Waals surface area contributed by atoms with Crippen LogP contribution in [0.5, 0.6) is 0 Å². The van der Waals surface area contributed by atoms with Crippen molar-refractivity contribution in [2.75, 3.05) is 0 Å². The van der Waals surface area contributed by atoms with E-state index in [9.17, 15) is 5.11 Å². The van der Waals surface area contributed by atoms with E-state index >= 15 is 0 Å². The molecule has 0 aliphatic carbocycles. The Balaban J connectivity index is 2.25. The Morgan fingerprint density at radius 2 is 1.89 bits per heavy atom. The van der Waals surface area contributed by atoms with Gasteiger partial charge in [0.05, 0.1) is 18.0 Å². The number of hydrogen-bond acceptors (Lipinski definition) is 2. The molecule has 90 valence electrons. The zero-order chi connectivity index (χ0) is 12.5. The molecule has 0 spiro atoms. The lowest BCUT2D eigenvalue weighted by Gasteiger charge is -2.01. The number of benzene rings is 1. The summed E-state index contributed by atoms with van der Waals surface area (Å²) >= 11 is 5.88. The number of rotatable bonds is 2. The van der Waals surface area contributed by atoms with Crippen molar-refractivity contribution in [3.05, 3.63) is 59.4 Å². The zero-order valence-corrected chi connectivity index (χ0v) is 10.3. The maximum absolute atomic E-state index is 9.53. The number of aromatic nitrogens is 2. The Morgan fingerprint density at radius 3 is 2.61 bits per heavy atom. The number of pyridine rings is 1. The van der Waals surface area contributed by atoms with Crippen LogP contribution < -0.4 is 0 Å². The number of aliphatic hydroxyl groups excluding tert-OH is 1. The van der Waals surface area contributed by atoms with Gasteiger partial charge in [-0.1, -0.05) is 29.8 Å². The SMILES string of the molecule is OCc1c(-c2ccc(Cl)cc2)nc2ccccn12. The Hall–Kier alpha value is -1.84. The van der Waals surface area contributed by atoms with E-state index in [0.29, 0.717) is 5.02 Å². The van der Waals surface area contributed by atoms with Gasteiger partial charge in [0.25, 0.3) is 0 Å². The normalized spacial score (nSPS) is 11.0. The number of nitrogens with zero attached hydrogens (tertiary/aromatic N) is 2. The van der Waals surface area contributed by atoms with Crippen LogP contribution in [0, 0.1) is 0 Å². The Labute approximate surface area is 109 Å². The van der Waals surface area contributed by atoms with Gasteiger partial charge in [0.1, 0.15) is 5.65 Å². The summed E-state index contributed by atoms with van der Waals surface area (Å²) in [6.07, 6.45) is 1.90. The molecular weight excluding hydrogens is 248 g/mol. The van der Waals surface area contributed by atoms with Gasteiger partial charge in [-0.3, -0.25) is 0 Å². The molecule has 18 heavy (non-hydrogen) atoms. The average molecular weight is 259 g/mol. The van der Waals surface area contributed by atoms with E-state index in [1.165, 1.54) is 0 Å². The van der Waals surface area contributed by atoms with E-state index in [2.05, 4.69) is 4.98 Å². The molecular formula is C14H11ClN2O. The summed E-state index contributed by atoms with van der Waals surface area (Å²) in [6.45, 7) is -0.0524. The molecule has 0 fully saturated rings. The van der Waals surface area contributed by atoms with Crippen molar-refractivity contribution in [3.63, 3.8) is 0 Å². The molecule has 0 bridgehead atoms. The molecule has 0 radical (unpaired) electrons. The van der Waals surface area contributed by atoms with Crippen LogP contribution in [-0.4, -0.2) is 14.5 Å². The third-order valence-corrected chi connectivity index (χ3v) is 3.15. The fraction of sp³-hybridized carbons (Fsp3) is 0.0714. The monoisotopic (exact) mass is 258 g/mol. The van der Waals surface area contributed by atoms with Gasteiger partial charge in [0.15, 0.2) is 0 Å². The Morgan fingerprint density at radius 1 is 1.11 bits per heavy atom. The van der Waals surface area contributed by atoms with Crippen molar-refractivity contribution in [3.8, 4) is 11.3 Å². The summed E-state index contributed by atoms with van der Waals surface area (Å²) in [4.78, 5) is 4.54. The van der Waals surface area contributed by atoms with Crippen LogP contribution in [0.25, 0.3) is 16.9 Å². The highest BCUT2D eigenvalue weighted by Gasteiger charge is 2.12. The first-order valence-electron chi connectivity index (χ1n) is 5.62. The van der Waals surface area contributed by atoms with Gasteiger partial charge >= 0.3 is 0 Å². The summed E-state index contributed by atoms with van der Waals surface area (Å²) in [6, 6.07) is 13.2. The second-order valence-electron chi connectivity index (χ2n) is 4.00. The van der Waals surface area contributed by atoms with Gasteiger partial charge in [-0.2, -0.15) is 0 Å². The molecule has 0 atom stereocenters.